The zero-order valence-electron chi connectivity index (χ0n) is 12.3. The quantitative estimate of drug-likeness (QED) is 0.767. The molecule has 2 heterocycles. The average molecular weight is 308 g/mol. The number of carboxylic acids is 1. The zero-order chi connectivity index (χ0) is 15.8. The van der Waals surface area contributed by atoms with E-state index in [4.69, 9.17) is 10.8 Å². The van der Waals surface area contributed by atoms with Gasteiger partial charge in [0.1, 0.15) is 17.5 Å². The van der Waals surface area contributed by atoms with Crippen molar-refractivity contribution in [3.63, 3.8) is 0 Å². The second-order valence-electron chi connectivity index (χ2n) is 5.78. The SMILES string of the molecule is CC1(C)S[C@@H]2[C@H](N)C(=O)N2[C@H]1C(=O)O.Cc1ccccc1. The second-order valence-corrected chi connectivity index (χ2v) is 7.55. The fraction of sp³-hybridized carbons (Fsp3) is 0.467. The molecule has 21 heavy (non-hydrogen) atoms. The molecule has 3 N–H and O–H groups in total. The number of amides is 1. The molecule has 2 aliphatic heterocycles. The molecule has 0 aliphatic carbocycles. The Hall–Kier alpha value is -1.53. The normalized spacial score (nSPS) is 29.0. The topological polar surface area (TPSA) is 83.6 Å². The molecule has 2 saturated heterocycles. The molecule has 5 nitrogen and oxygen atoms in total. The number of aryl methyl sites for hydroxylation is 1. The maximum Gasteiger partial charge on any atom is 0.327 e. The number of hydrogen-bond acceptors (Lipinski definition) is 4. The fourth-order valence-corrected chi connectivity index (χ4v) is 4.14. The summed E-state index contributed by atoms with van der Waals surface area (Å²) in [5.41, 5.74) is 6.91. The maximum absolute atomic E-state index is 11.4. The number of nitrogens with zero attached hydrogens (tertiary/aromatic N) is 1. The van der Waals surface area contributed by atoms with Gasteiger partial charge in [-0.3, -0.25) is 4.79 Å². The van der Waals surface area contributed by atoms with Crippen LogP contribution in [0.4, 0.5) is 0 Å². The Morgan fingerprint density at radius 3 is 2.33 bits per heavy atom. The van der Waals surface area contributed by atoms with E-state index in [2.05, 4.69) is 19.1 Å². The first-order chi connectivity index (χ1) is 9.75. The van der Waals surface area contributed by atoms with Crippen LogP contribution in [-0.2, 0) is 9.59 Å². The van der Waals surface area contributed by atoms with E-state index >= 15 is 0 Å². The minimum atomic E-state index is -0.953. The van der Waals surface area contributed by atoms with Crippen LogP contribution in [0.1, 0.15) is 19.4 Å². The Bertz CT molecular complexity index is 547. The van der Waals surface area contributed by atoms with Crippen molar-refractivity contribution in [2.45, 2.75) is 43.0 Å². The van der Waals surface area contributed by atoms with Crippen LogP contribution in [-0.4, -0.2) is 44.1 Å². The van der Waals surface area contributed by atoms with Gasteiger partial charge in [0.15, 0.2) is 0 Å². The van der Waals surface area contributed by atoms with Crippen LogP contribution in [0, 0.1) is 6.92 Å². The molecular formula is C15H20N2O3S. The van der Waals surface area contributed by atoms with Gasteiger partial charge in [0.25, 0.3) is 0 Å². The summed E-state index contributed by atoms with van der Waals surface area (Å²) in [5.74, 6) is -1.20. The predicted octanol–water partition coefficient (Wildman–Crippen LogP) is 1.46. The Kier molecular flexibility index (Phi) is 4.30. The highest BCUT2D eigenvalue weighted by Crippen LogP contribution is 2.50. The number of carbonyl (C=O) groups excluding carboxylic acids is 1. The zero-order valence-corrected chi connectivity index (χ0v) is 13.1. The molecule has 6 heteroatoms. The lowest BCUT2D eigenvalue weighted by molar-refractivity contribution is -0.159. The van der Waals surface area contributed by atoms with Crippen LogP contribution in [0.25, 0.3) is 0 Å². The van der Waals surface area contributed by atoms with Gasteiger partial charge in [0.05, 0.1) is 0 Å². The van der Waals surface area contributed by atoms with Crippen LogP contribution >= 0.6 is 11.8 Å². The van der Waals surface area contributed by atoms with E-state index in [0.29, 0.717) is 0 Å². The molecule has 0 aromatic heterocycles. The van der Waals surface area contributed by atoms with Gasteiger partial charge >= 0.3 is 5.97 Å². The van der Waals surface area contributed by atoms with Crippen molar-refractivity contribution in [3.8, 4) is 0 Å². The van der Waals surface area contributed by atoms with E-state index in [1.54, 1.807) is 0 Å². The number of nitrogens with two attached hydrogens (primary N) is 1. The van der Waals surface area contributed by atoms with Crippen LogP contribution in [0.5, 0.6) is 0 Å². The third-order valence-corrected chi connectivity index (χ3v) is 5.25. The average Bonchev–Trinajstić information content (AvgIpc) is 2.69. The van der Waals surface area contributed by atoms with Gasteiger partial charge in [-0.2, -0.15) is 0 Å². The first kappa shape index (κ1) is 15.9. The summed E-state index contributed by atoms with van der Waals surface area (Å²) in [6.45, 7) is 5.74. The number of hydrogen-bond donors (Lipinski definition) is 2. The monoisotopic (exact) mass is 308 g/mol. The summed E-state index contributed by atoms with van der Waals surface area (Å²) in [5, 5.41) is 8.87. The number of rotatable bonds is 1. The number of carbonyl (C=O) groups is 2. The molecule has 1 aromatic rings. The molecule has 0 spiro atoms. The molecular weight excluding hydrogens is 288 g/mol. The predicted molar refractivity (Wildman–Crippen MR) is 82.9 cm³/mol. The van der Waals surface area contributed by atoms with E-state index in [9.17, 15) is 9.59 Å². The second kappa shape index (κ2) is 5.69. The Balaban J connectivity index is 0.000000194. The molecule has 0 saturated carbocycles. The lowest BCUT2D eigenvalue weighted by Crippen LogP contribution is -2.68. The first-order valence-electron chi connectivity index (χ1n) is 6.76. The molecule has 2 aliphatic rings. The Morgan fingerprint density at radius 1 is 1.33 bits per heavy atom. The van der Waals surface area contributed by atoms with Gasteiger partial charge < -0.3 is 15.7 Å². The fourth-order valence-electron chi connectivity index (χ4n) is 2.58. The van der Waals surface area contributed by atoms with Crippen LogP contribution in [0.15, 0.2) is 30.3 Å². The van der Waals surface area contributed by atoms with Crippen molar-refractivity contribution in [3.05, 3.63) is 35.9 Å². The van der Waals surface area contributed by atoms with Gasteiger partial charge in [-0.15, -0.1) is 11.8 Å². The van der Waals surface area contributed by atoms with E-state index in [-0.39, 0.29) is 11.3 Å². The molecule has 3 rings (SSSR count). The lowest BCUT2D eigenvalue weighted by atomic mass is 9.96. The van der Waals surface area contributed by atoms with Crippen LogP contribution in [0.3, 0.4) is 0 Å². The van der Waals surface area contributed by atoms with Crippen LogP contribution < -0.4 is 5.73 Å². The number of benzene rings is 1. The molecule has 0 unspecified atom stereocenters. The molecule has 2 fully saturated rings. The summed E-state index contributed by atoms with van der Waals surface area (Å²) in [4.78, 5) is 23.8. The standard InChI is InChI=1S/C8H12N2O3S.C7H8/c1-8(2)4(7(12)13)10-5(11)3(9)6(10)14-8;1-7-5-3-2-4-6-7/h3-4,6H,9H2,1-2H3,(H,12,13);2-6H,1H3/t3-,4+,6-;/m1./s1. The molecule has 3 atom stereocenters. The minimum absolute atomic E-state index is 0.154. The summed E-state index contributed by atoms with van der Waals surface area (Å²) < 4.78 is -0.458. The highest BCUT2D eigenvalue weighted by molar-refractivity contribution is 8.01. The summed E-state index contributed by atoms with van der Waals surface area (Å²) >= 11 is 1.47. The minimum Gasteiger partial charge on any atom is -0.480 e. The van der Waals surface area contributed by atoms with Crippen molar-refractivity contribution >= 4 is 23.6 Å². The largest absolute Gasteiger partial charge is 0.480 e. The highest BCUT2D eigenvalue weighted by atomic mass is 32.2. The molecule has 1 amide bonds. The number of fused-ring (bicyclic) bond motifs is 1. The van der Waals surface area contributed by atoms with Gasteiger partial charge in [-0.05, 0) is 20.8 Å². The number of β-lactam (4-membered cyclic amide) rings is 1. The smallest absolute Gasteiger partial charge is 0.327 e. The van der Waals surface area contributed by atoms with Gasteiger partial charge in [-0.25, -0.2) is 4.79 Å². The van der Waals surface area contributed by atoms with Crippen molar-refractivity contribution in [2.24, 2.45) is 5.73 Å². The molecule has 114 valence electrons. The Labute approximate surface area is 128 Å². The van der Waals surface area contributed by atoms with Crippen molar-refractivity contribution < 1.29 is 14.7 Å². The molecule has 0 radical (unpaired) electrons. The van der Waals surface area contributed by atoms with Crippen molar-refractivity contribution in [1.29, 1.82) is 0 Å². The lowest BCUT2D eigenvalue weighted by Gasteiger charge is -2.41. The summed E-state index contributed by atoms with van der Waals surface area (Å²) in [6.07, 6.45) is 0. The van der Waals surface area contributed by atoms with E-state index < -0.39 is 22.8 Å². The third kappa shape index (κ3) is 2.91. The van der Waals surface area contributed by atoms with E-state index in [0.717, 1.165) is 0 Å². The summed E-state index contributed by atoms with van der Waals surface area (Å²) in [7, 11) is 0. The third-order valence-electron chi connectivity index (χ3n) is 3.66. The van der Waals surface area contributed by atoms with Crippen LogP contribution in [0.2, 0.25) is 0 Å². The maximum atomic E-state index is 11.4. The number of aliphatic carboxylic acids is 1. The summed E-state index contributed by atoms with van der Waals surface area (Å²) in [6, 6.07) is 8.99. The van der Waals surface area contributed by atoms with Gasteiger partial charge in [0.2, 0.25) is 5.91 Å². The molecule has 1 aromatic carbocycles. The van der Waals surface area contributed by atoms with Crippen molar-refractivity contribution in [2.75, 3.05) is 0 Å². The number of thioether (sulfide) groups is 1. The molecule has 0 bridgehead atoms. The Morgan fingerprint density at radius 2 is 1.90 bits per heavy atom. The van der Waals surface area contributed by atoms with E-state index in [1.807, 2.05) is 32.0 Å². The number of carboxylic acid groups (broad SMARTS) is 1. The van der Waals surface area contributed by atoms with E-state index in [1.165, 1.54) is 22.2 Å². The van der Waals surface area contributed by atoms with Gasteiger partial charge in [-0.1, -0.05) is 35.9 Å². The van der Waals surface area contributed by atoms with Crippen molar-refractivity contribution in [1.82, 2.24) is 4.90 Å². The first-order valence-corrected chi connectivity index (χ1v) is 7.63. The highest BCUT2D eigenvalue weighted by Gasteiger charge is 2.62. The van der Waals surface area contributed by atoms with Gasteiger partial charge in [0, 0.05) is 4.75 Å².